The molecule has 1 saturated heterocycles. The molecule has 3 rings (SSSR count). The van der Waals surface area contributed by atoms with Crippen molar-refractivity contribution in [3.63, 3.8) is 0 Å². The van der Waals surface area contributed by atoms with Crippen molar-refractivity contribution < 1.29 is 17.9 Å². The molecule has 2 amide bonds. The highest BCUT2D eigenvalue weighted by Crippen LogP contribution is 2.21. The van der Waals surface area contributed by atoms with Crippen LogP contribution in [0.2, 0.25) is 0 Å². The second-order valence-electron chi connectivity index (χ2n) is 7.01. The van der Waals surface area contributed by atoms with E-state index in [0.717, 1.165) is 17.5 Å². The standard InChI is InChI=1S/C21H27N3O4S/c1-3-20(17-9-7-16(2)8-10-17)23-21(25)22-18-5-4-6-19(15-18)29(26,27)24-11-13-28-14-12-24/h4-10,15,20H,3,11-14H2,1-2H3,(H2,22,23,25)/t20-/m1/s1. The van der Waals surface area contributed by atoms with Crippen LogP contribution in [0.5, 0.6) is 0 Å². The maximum absolute atomic E-state index is 12.8. The third-order valence-corrected chi connectivity index (χ3v) is 6.79. The van der Waals surface area contributed by atoms with Crippen LogP contribution >= 0.6 is 0 Å². The number of hydrogen-bond donors (Lipinski definition) is 2. The maximum Gasteiger partial charge on any atom is 0.319 e. The number of nitrogens with one attached hydrogen (secondary N) is 2. The van der Waals surface area contributed by atoms with Crippen molar-refractivity contribution in [2.75, 3.05) is 31.6 Å². The summed E-state index contributed by atoms with van der Waals surface area (Å²) in [4.78, 5) is 12.6. The fraction of sp³-hybridized carbons (Fsp3) is 0.381. The number of ether oxygens (including phenoxy) is 1. The Kier molecular flexibility index (Phi) is 6.89. The smallest absolute Gasteiger partial charge is 0.319 e. The lowest BCUT2D eigenvalue weighted by atomic mass is 10.0. The Bertz CT molecular complexity index is 939. The van der Waals surface area contributed by atoms with Gasteiger partial charge in [-0.25, -0.2) is 13.2 Å². The number of hydrogen-bond acceptors (Lipinski definition) is 4. The molecule has 2 N–H and O–H groups in total. The topological polar surface area (TPSA) is 87.7 Å². The molecule has 156 valence electrons. The number of amides is 2. The molecule has 1 fully saturated rings. The van der Waals surface area contributed by atoms with Gasteiger partial charge in [-0.2, -0.15) is 4.31 Å². The van der Waals surface area contributed by atoms with Crippen molar-refractivity contribution in [2.45, 2.75) is 31.2 Å². The molecule has 1 aliphatic rings. The summed E-state index contributed by atoms with van der Waals surface area (Å²) in [6, 6.07) is 13.8. The van der Waals surface area contributed by atoms with Crippen molar-refractivity contribution in [2.24, 2.45) is 0 Å². The van der Waals surface area contributed by atoms with E-state index in [4.69, 9.17) is 4.74 Å². The van der Waals surface area contributed by atoms with E-state index in [1.165, 1.54) is 16.4 Å². The monoisotopic (exact) mass is 417 g/mol. The number of morpholine rings is 1. The largest absolute Gasteiger partial charge is 0.379 e. The molecule has 29 heavy (non-hydrogen) atoms. The van der Waals surface area contributed by atoms with Gasteiger partial charge >= 0.3 is 6.03 Å². The number of urea groups is 1. The molecule has 0 aromatic heterocycles. The van der Waals surface area contributed by atoms with Gasteiger partial charge in [-0.1, -0.05) is 42.8 Å². The van der Waals surface area contributed by atoms with Crippen LogP contribution in [0.15, 0.2) is 53.4 Å². The molecule has 0 spiro atoms. The maximum atomic E-state index is 12.8. The summed E-state index contributed by atoms with van der Waals surface area (Å²) in [6.07, 6.45) is 0.738. The third kappa shape index (κ3) is 5.35. The number of carbonyl (C=O) groups is 1. The minimum atomic E-state index is -3.61. The van der Waals surface area contributed by atoms with E-state index < -0.39 is 10.0 Å². The second-order valence-corrected chi connectivity index (χ2v) is 8.95. The lowest BCUT2D eigenvalue weighted by Crippen LogP contribution is -2.40. The van der Waals surface area contributed by atoms with Gasteiger partial charge in [0.25, 0.3) is 0 Å². The Hall–Kier alpha value is -2.42. The van der Waals surface area contributed by atoms with Gasteiger partial charge < -0.3 is 15.4 Å². The third-order valence-electron chi connectivity index (χ3n) is 4.89. The summed E-state index contributed by atoms with van der Waals surface area (Å²) in [5.74, 6) is 0. The molecule has 0 radical (unpaired) electrons. The number of nitrogens with zero attached hydrogens (tertiary/aromatic N) is 1. The van der Waals surface area contributed by atoms with Crippen LogP contribution in [0, 0.1) is 6.92 Å². The highest BCUT2D eigenvalue weighted by atomic mass is 32.2. The van der Waals surface area contributed by atoms with Crippen molar-refractivity contribution in [3.05, 3.63) is 59.7 Å². The summed E-state index contributed by atoms with van der Waals surface area (Å²) >= 11 is 0. The second kappa shape index (κ2) is 9.39. The molecular weight excluding hydrogens is 390 g/mol. The number of aryl methyl sites for hydroxylation is 1. The van der Waals surface area contributed by atoms with Crippen LogP contribution in [0.4, 0.5) is 10.5 Å². The molecule has 2 aromatic carbocycles. The van der Waals surface area contributed by atoms with Crippen LogP contribution in [0.1, 0.15) is 30.5 Å². The van der Waals surface area contributed by atoms with Gasteiger partial charge in [0.05, 0.1) is 24.2 Å². The average Bonchev–Trinajstić information content (AvgIpc) is 2.73. The van der Waals surface area contributed by atoms with Gasteiger partial charge in [0.2, 0.25) is 10.0 Å². The van der Waals surface area contributed by atoms with Crippen LogP contribution < -0.4 is 10.6 Å². The number of sulfonamides is 1. The summed E-state index contributed by atoms with van der Waals surface area (Å²) in [5, 5.41) is 5.69. The highest BCUT2D eigenvalue weighted by molar-refractivity contribution is 7.89. The zero-order valence-corrected chi connectivity index (χ0v) is 17.5. The predicted octanol–water partition coefficient (Wildman–Crippen LogP) is 3.29. The normalized spacial score (nSPS) is 16.2. The van der Waals surface area contributed by atoms with Crippen molar-refractivity contribution in [1.29, 1.82) is 0 Å². The van der Waals surface area contributed by atoms with Gasteiger partial charge in [-0.15, -0.1) is 0 Å². The molecule has 1 aliphatic heterocycles. The number of carbonyl (C=O) groups excluding carboxylic acids is 1. The van der Waals surface area contributed by atoms with E-state index in [9.17, 15) is 13.2 Å². The molecule has 8 heteroatoms. The first-order valence-electron chi connectivity index (χ1n) is 9.72. The summed E-state index contributed by atoms with van der Waals surface area (Å²) < 4.78 is 32.2. The summed E-state index contributed by atoms with van der Waals surface area (Å²) in [7, 11) is -3.61. The number of anilines is 1. The van der Waals surface area contributed by atoms with E-state index in [0.29, 0.717) is 32.0 Å². The lowest BCUT2D eigenvalue weighted by Gasteiger charge is -2.26. The van der Waals surface area contributed by atoms with Gasteiger partial charge in [0.15, 0.2) is 0 Å². The highest BCUT2D eigenvalue weighted by Gasteiger charge is 2.26. The number of benzene rings is 2. The van der Waals surface area contributed by atoms with Crippen LogP contribution in [-0.4, -0.2) is 45.1 Å². The van der Waals surface area contributed by atoms with E-state index in [1.807, 2.05) is 38.1 Å². The molecule has 0 unspecified atom stereocenters. The van der Waals surface area contributed by atoms with Crippen LogP contribution in [-0.2, 0) is 14.8 Å². The molecule has 0 aliphatic carbocycles. The SMILES string of the molecule is CC[C@@H](NC(=O)Nc1cccc(S(=O)(=O)N2CCOCC2)c1)c1ccc(C)cc1. The molecular formula is C21H27N3O4S. The van der Waals surface area contributed by atoms with Crippen LogP contribution in [0.25, 0.3) is 0 Å². The zero-order chi connectivity index (χ0) is 20.9. The Labute approximate surface area is 172 Å². The van der Waals surface area contributed by atoms with Gasteiger partial charge in [0.1, 0.15) is 0 Å². The van der Waals surface area contributed by atoms with Gasteiger partial charge in [-0.05, 0) is 37.1 Å². The Morgan fingerprint density at radius 2 is 1.83 bits per heavy atom. The predicted molar refractivity (Wildman–Crippen MR) is 112 cm³/mol. The summed E-state index contributed by atoms with van der Waals surface area (Å²) in [6.45, 7) is 5.45. The zero-order valence-electron chi connectivity index (χ0n) is 16.7. The van der Waals surface area contributed by atoms with E-state index in [-0.39, 0.29) is 17.0 Å². The first-order chi connectivity index (χ1) is 13.9. The quantitative estimate of drug-likeness (QED) is 0.755. The van der Waals surface area contributed by atoms with Gasteiger partial charge in [-0.3, -0.25) is 0 Å². The average molecular weight is 418 g/mol. The van der Waals surface area contributed by atoms with E-state index in [2.05, 4.69) is 10.6 Å². The Morgan fingerprint density at radius 3 is 2.48 bits per heavy atom. The minimum Gasteiger partial charge on any atom is -0.379 e. The molecule has 1 heterocycles. The number of rotatable bonds is 6. The molecule has 0 bridgehead atoms. The molecule has 0 saturated carbocycles. The fourth-order valence-electron chi connectivity index (χ4n) is 3.22. The van der Waals surface area contributed by atoms with Crippen LogP contribution in [0.3, 0.4) is 0 Å². The van der Waals surface area contributed by atoms with Crippen molar-refractivity contribution in [1.82, 2.24) is 9.62 Å². The Balaban J connectivity index is 1.69. The van der Waals surface area contributed by atoms with E-state index >= 15 is 0 Å². The molecule has 2 aromatic rings. The fourth-order valence-corrected chi connectivity index (χ4v) is 4.67. The first kappa shape index (κ1) is 21.3. The molecule has 1 atom stereocenters. The first-order valence-corrected chi connectivity index (χ1v) is 11.2. The van der Waals surface area contributed by atoms with Crippen molar-refractivity contribution >= 4 is 21.7 Å². The molecule has 7 nitrogen and oxygen atoms in total. The lowest BCUT2D eigenvalue weighted by molar-refractivity contribution is 0.0730. The Morgan fingerprint density at radius 1 is 1.14 bits per heavy atom. The summed E-state index contributed by atoms with van der Waals surface area (Å²) in [5.41, 5.74) is 2.61. The van der Waals surface area contributed by atoms with E-state index in [1.54, 1.807) is 12.1 Å². The van der Waals surface area contributed by atoms with Crippen molar-refractivity contribution in [3.8, 4) is 0 Å². The minimum absolute atomic E-state index is 0.129. The van der Waals surface area contributed by atoms with Gasteiger partial charge in [0, 0.05) is 18.8 Å².